The molecule has 1 aromatic carbocycles. The standard InChI is InChI=1S/C19H18FN5O4S/c1-28-18(26)21-8-13-9-25(19(27)29-13)12-3-4-14(15(20)7-12)16-11-30-17(23-16)10-24-6-2-5-22-24/h2-7,11,13H,8-10H2,1H3,(H,21,26)/t13-/m0/s1. The fourth-order valence-corrected chi connectivity index (χ4v) is 3.81. The maximum Gasteiger partial charge on any atom is 0.414 e. The Hall–Kier alpha value is -3.47. The van der Waals surface area contributed by atoms with Crippen LogP contribution in [0, 0.1) is 5.82 Å². The number of alkyl carbamates (subject to hydrolysis) is 1. The second-order valence-electron chi connectivity index (χ2n) is 6.48. The van der Waals surface area contributed by atoms with Gasteiger partial charge in [0, 0.05) is 23.3 Å². The number of benzene rings is 1. The average molecular weight is 431 g/mol. The Morgan fingerprint density at radius 2 is 2.33 bits per heavy atom. The number of carbonyl (C=O) groups is 2. The van der Waals surface area contributed by atoms with Gasteiger partial charge in [0.1, 0.15) is 16.9 Å². The second kappa shape index (κ2) is 8.49. The molecule has 1 saturated heterocycles. The molecule has 1 aliphatic rings. The summed E-state index contributed by atoms with van der Waals surface area (Å²) in [5, 5.41) is 9.21. The molecule has 4 rings (SSSR count). The lowest BCUT2D eigenvalue weighted by molar-refractivity contribution is 0.132. The number of nitrogens with zero attached hydrogens (tertiary/aromatic N) is 4. The van der Waals surface area contributed by atoms with Crippen molar-refractivity contribution in [3.8, 4) is 11.3 Å². The van der Waals surface area contributed by atoms with E-state index in [1.54, 1.807) is 28.4 Å². The van der Waals surface area contributed by atoms with Gasteiger partial charge < -0.3 is 14.8 Å². The molecular formula is C19H18FN5O4S. The number of rotatable bonds is 6. The number of aromatic nitrogens is 3. The van der Waals surface area contributed by atoms with Crippen LogP contribution >= 0.6 is 11.3 Å². The molecule has 0 aliphatic carbocycles. The van der Waals surface area contributed by atoms with Crippen LogP contribution in [0.25, 0.3) is 11.3 Å². The van der Waals surface area contributed by atoms with Crippen LogP contribution in [0.4, 0.5) is 19.7 Å². The van der Waals surface area contributed by atoms with Crippen LogP contribution in [0.1, 0.15) is 5.01 Å². The highest BCUT2D eigenvalue weighted by atomic mass is 32.1. The van der Waals surface area contributed by atoms with Gasteiger partial charge in [-0.3, -0.25) is 9.58 Å². The van der Waals surface area contributed by atoms with Crippen molar-refractivity contribution in [2.45, 2.75) is 12.6 Å². The number of amides is 2. The molecule has 1 aliphatic heterocycles. The minimum Gasteiger partial charge on any atom is -0.453 e. The van der Waals surface area contributed by atoms with Crippen molar-refractivity contribution in [3.05, 3.63) is 52.9 Å². The highest BCUT2D eigenvalue weighted by Crippen LogP contribution is 2.30. The number of cyclic esters (lactones) is 1. The molecule has 3 aromatic rings. The maximum atomic E-state index is 14.8. The molecule has 0 saturated carbocycles. The topological polar surface area (TPSA) is 98.6 Å². The van der Waals surface area contributed by atoms with Crippen molar-refractivity contribution < 1.29 is 23.5 Å². The van der Waals surface area contributed by atoms with E-state index < -0.39 is 24.1 Å². The van der Waals surface area contributed by atoms with Crippen molar-refractivity contribution >= 4 is 29.2 Å². The van der Waals surface area contributed by atoms with Gasteiger partial charge in [0.25, 0.3) is 0 Å². The summed E-state index contributed by atoms with van der Waals surface area (Å²) >= 11 is 1.42. The summed E-state index contributed by atoms with van der Waals surface area (Å²) in [6.07, 6.45) is 1.75. The quantitative estimate of drug-likeness (QED) is 0.645. The molecule has 0 spiro atoms. The van der Waals surface area contributed by atoms with Crippen LogP contribution in [-0.4, -0.2) is 53.3 Å². The van der Waals surface area contributed by atoms with Crippen LogP contribution in [0.15, 0.2) is 42.0 Å². The third-order valence-electron chi connectivity index (χ3n) is 4.48. The third-order valence-corrected chi connectivity index (χ3v) is 5.32. The molecule has 2 aromatic heterocycles. The number of hydrogen-bond donors (Lipinski definition) is 1. The first-order chi connectivity index (χ1) is 14.5. The van der Waals surface area contributed by atoms with Gasteiger partial charge in [0.05, 0.1) is 38.1 Å². The number of nitrogens with one attached hydrogen (secondary N) is 1. The fraction of sp³-hybridized carbons (Fsp3) is 0.263. The Kier molecular flexibility index (Phi) is 5.61. The van der Waals surface area contributed by atoms with Crippen LogP contribution in [-0.2, 0) is 16.0 Å². The molecule has 1 N–H and O–H groups in total. The highest BCUT2D eigenvalue weighted by Gasteiger charge is 2.33. The molecule has 1 fully saturated rings. The van der Waals surface area contributed by atoms with Gasteiger partial charge in [-0.05, 0) is 24.3 Å². The summed E-state index contributed by atoms with van der Waals surface area (Å²) in [5.74, 6) is -0.493. The number of halogens is 1. The summed E-state index contributed by atoms with van der Waals surface area (Å²) in [4.78, 5) is 29.1. The molecule has 3 heterocycles. The predicted molar refractivity (Wildman–Crippen MR) is 107 cm³/mol. The summed E-state index contributed by atoms with van der Waals surface area (Å²) < 4.78 is 26.2. The molecule has 0 bridgehead atoms. The zero-order chi connectivity index (χ0) is 21.1. The lowest BCUT2D eigenvalue weighted by atomic mass is 10.1. The van der Waals surface area contributed by atoms with Crippen molar-refractivity contribution in [3.63, 3.8) is 0 Å². The number of hydrogen-bond acceptors (Lipinski definition) is 7. The van der Waals surface area contributed by atoms with E-state index in [1.807, 2.05) is 12.3 Å². The summed E-state index contributed by atoms with van der Waals surface area (Å²) in [6.45, 7) is 0.803. The van der Waals surface area contributed by atoms with Crippen molar-refractivity contribution in [2.75, 3.05) is 25.1 Å². The van der Waals surface area contributed by atoms with Crippen molar-refractivity contribution in [2.24, 2.45) is 0 Å². The first-order valence-corrected chi connectivity index (χ1v) is 9.93. The first kappa shape index (κ1) is 19.8. The van der Waals surface area contributed by atoms with Crippen LogP contribution < -0.4 is 10.2 Å². The normalized spacial score (nSPS) is 15.9. The monoisotopic (exact) mass is 431 g/mol. The summed E-state index contributed by atoms with van der Waals surface area (Å²) in [6, 6.07) is 6.33. The van der Waals surface area contributed by atoms with E-state index in [0.29, 0.717) is 23.5 Å². The van der Waals surface area contributed by atoms with Gasteiger partial charge in [-0.1, -0.05) is 0 Å². The second-order valence-corrected chi connectivity index (χ2v) is 7.43. The number of ether oxygens (including phenoxy) is 2. The smallest absolute Gasteiger partial charge is 0.414 e. The average Bonchev–Trinajstić information content (AvgIpc) is 3.48. The molecule has 2 amide bonds. The summed E-state index contributed by atoms with van der Waals surface area (Å²) in [7, 11) is 1.25. The number of anilines is 1. The van der Waals surface area contributed by atoms with Crippen LogP contribution in [0.2, 0.25) is 0 Å². The Bertz CT molecular complexity index is 1060. The Balaban J connectivity index is 1.45. The molecule has 1 atom stereocenters. The van der Waals surface area contributed by atoms with Crippen molar-refractivity contribution in [1.29, 1.82) is 0 Å². The van der Waals surface area contributed by atoms with E-state index in [0.717, 1.165) is 5.01 Å². The Labute approximate surface area is 175 Å². The Morgan fingerprint density at radius 1 is 1.47 bits per heavy atom. The zero-order valence-corrected chi connectivity index (χ0v) is 16.8. The van der Waals surface area contributed by atoms with Crippen LogP contribution in [0.3, 0.4) is 0 Å². The van der Waals surface area contributed by atoms with Gasteiger partial charge in [-0.2, -0.15) is 5.10 Å². The summed E-state index contributed by atoms with van der Waals surface area (Å²) in [5.41, 5.74) is 1.24. The van der Waals surface area contributed by atoms with Gasteiger partial charge in [-0.25, -0.2) is 19.0 Å². The lowest BCUT2D eigenvalue weighted by Crippen LogP contribution is -2.34. The highest BCUT2D eigenvalue weighted by molar-refractivity contribution is 7.09. The fourth-order valence-electron chi connectivity index (χ4n) is 3.03. The molecule has 9 nitrogen and oxygen atoms in total. The lowest BCUT2D eigenvalue weighted by Gasteiger charge is -2.14. The Morgan fingerprint density at radius 3 is 3.07 bits per heavy atom. The molecule has 0 radical (unpaired) electrons. The SMILES string of the molecule is COC(=O)NC[C@H]1CN(c2ccc(-c3csc(Cn4cccn4)n3)c(F)c2)C(=O)O1. The largest absolute Gasteiger partial charge is 0.453 e. The van der Waals surface area contributed by atoms with Gasteiger partial charge in [0.2, 0.25) is 0 Å². The van der Waals surface area contributed by atoms with E-state index >= 15 is 0 Å². The van der Waals surface area contributed by atoms with Gasteiger partial charge >= 0.3 is 12.2 Å². The zero-order valence-electron chi connectivity index (χ0n) is 15.9. The predicted octanol–water partition coefficient (Wildman–Crippen LogP) is 2.88. The molecule has 156 valence electrons. The van der Waals surface area contributed by atoms with Gasteiger partial charge in [0.15, 0.2) is 0 Å². The van der Waals surface area contributed by atoms with Crippen molar-refractivity contribution in [1.82, 2.24) is 20.1 Å². The first-order valence-electron chi connectivity index (χ1n) is 9.05. The van der Waals surface area contributed by atoms with E-state index in [4.69, 9.17) is 4.74 Å². The minimum absolute atomic E-state index is 0.104. The molecule has 0 unspecified atom stereocenters. The van der Waals surface area contributed by atoms with E-state index in [1.165, 1.54) is 29.4 Å². The number of methoxy groups -OCH3 is 1. The minimum atomic E-state index is -0.616. The van der Waals surface area contributed by atoms with Crippen LogP contribution in [0.5, 0.6) is 0 Å². The molecular weight excluding hydrogens is 413 g/mol. The van der Waals surface area contributed by atoms with E-state index in [-0.39, 0.29) is 13.1 Å². The third kappa shape index (κ3) is 4.25. The van der Waals surface area contributed by atoms with E-state index in [9.17, 15) is 14.0 Å². The van der Waals surface area contributed by atoms with E-state index in [2.05, 4.69) is 20.1 Å². The molecule has 11 heteroatoms. The maximum absolute atomic E-state index is 14.8. The number of carbonyl (C=O) groups excluding carboxylic acids is 2. The number of thiazole rings is 1. The van der Waals surface area contributed by atoms with Gasteiger partial charge in [-0.15, -0.1) is 11.3 Å². The molecule has 30 heavy (non-hydrogen) atoms.